The Hall–Kier alpha value is -1.27. The van der Waals surface area contributed by atoms with Gasteiger partial charge in [-0.2, -0.15) is 0 Å². The van der Waals surface area contributed by atoms with Crippen molar-refractivity contribution in [3.63, 3.8) is 0 Å². The van der Waals surface area contributed by atoms with Gasteiger partial charge in [0.05, 0.1) is 10.7 Å². The highest BCUT2D eigenvalue weighted by Gasteiger charge is 2.14. The van der Waals surface area contributed by atoms with Crippen LogP contribution < -0.4 is 10.6 Å². The molecule has 2 aromatic rings. The summed E-state index contributed by atoms with van der Waals surface area (Å²) in [4.78, 5) is 12.2. The highest BCUT2D eigenvalue weighted by atomic mass is 127. The van der Waals surface area contributed by atoms with Crippen molar-refractivity contribution in [1.82, 2.24) is 0 Å². The topological polar surface area (TPSA) is 41.1 Å². The molecule has 0 radical (unpaired) electrons. The summed E-state index contributed by atoms with van der Waals surface area (Å²) in [6.45, 7) is 3.81. The van der Waals surface area contributed by atoms with Crippen LogP contribution in [0.15, 0.2) is 42.5 Å². The van der Waals surface area contributed by atoms with E-state index in [-0.39, 0.29) is 11.9 Å². The lowest BCUT2D eigenvalue weighted by molar-refractivity contribution is -0.116. The molecular formula is C16H16ClIN2O. The molecular weight excluding hydrogens is 399 g/mol. The summed E-state index contributed by atoms with van der Waals surface area (Å²) in [7, 11) is 0. The molecule has 3 nitrogen and oxygen atoms in total. The lowest BCUT2D eigenvalue weighted by atomic mass is 10.2. The van der Waals surface area contributed by atoms with E-state index >= 15 is 0 Å². The third-order valence-electron chi connectivity index (χ3n) is 3.02. The number of carbonyl (C=O) groups excluding carboxylic acids is 1. The molecule has 0 saturated heterocycles. The Morgan fingerprint density at radius 2 is 1.86 bits per heavy atom. The fourth-order valence-corrected chi connectivity index (χ4v) is 2.70. The first-order chi connectivity index (χ1) is 9.95. The molecule has 0 aromatic heterocycles. The van der Waals surface area contributed by atoms with Crippen LogP contribution in [0.3, 0.4) is 0 Å². The van der Waals surface area contributed by atoms with Gasteiger partial charge in [0, 0.05) is 9.26 Å². The Balaban J connectivity index is 2.00. The predicted octanol–water partition coefficient (Wildman–Crippen LogP) is 4.69. The summed E-state index contributed by atoms with van der Waals surface area (Å²) >= 11 is 8.35. The predicted molar refractivity (Wildman–Crippen MR) is 97.1 cm³/mol. The van der Waals surface area contributed by atoms with Crippen molar-refractivity contribution in [1.29, 1.82) is 0 Å². The first-order valence-corrected chi connectivity index (χ1v) is 8.00. The van der Waals surface area contributed by atoms with E-state index in [1.165, 1.54) is 0 Å². The van der Waals surface area contributed by atoms with Gasteiger partial charge in [0.1, 0.15) is 6.04 Å². The van der Waals surface area contributed by atoms with Crippen LogP contribution in [0.5, 0.6) is 0 Å². The number of amides is 1. The summed E-state index contributed by atoms with van der Waals surface area (Å²) in [6.07, 6.45) is 0. The van der Waals surface area contributed by atoms with Crippen molar-refractivity contribution in [3.8, 4) is 0 Å². The van der Waals surface area contributed by atoms with Crippen LogP contribution in [-0.4, -0.2) is 11.9 Å². The van der Waals surface area contributed by atoms with E-state index in [1.807, 2.05) is 49.4 Å². The van der Waals surface area contributed by atoms with Gasteiger partial charge in [0.15, 0.2) is 0 Å². The van der Waals surface area contributed by atoms with Crippen molar-refractivity contribution in [2.45, 2.75) is 19.9 Å². The van der Waals surface area contributed by atoms with Crippen molar-refractivity contribution < 1.29 is 4.79 Å². The van der Waals surface area contributed by atoms with Crippen LogP contribution in [0.2, 0.25) is 5.02 Å². The number of hydrogen-bond acceptors (Lipinski definition) is 2. The third kappa shape index (κ3) is 4.61. The lowest BCUT2D eigenvalue weighted by Crippen LogP contribution is -2.31. The standard InChI is InChI=1S/C16H16ClIN2O/c1-10-3-6-13(7-4-10)20-16(21)11(2)19-15-8-5-12(18)9-14(15)17/h3-9,11,19H,1-2H3,(H,20,21). The van der Waals surface area contributed by atoms with E-state index in [4.69, 9.17) is 11.6 Å². The molecule has 0 bridgehead atoms. The first kappa shape index (κ1) is 16.1. The second-order valence-corrected chi connectivity index (χ2v) is 6.50. The molecule has 0 heterocycles. The fourth-order valence-electron chi connectivity index (χ4n) is 1.79. The largest absolute Gasteiger partial charge is 0.373 e. The van der Waals surface area contributed by atoms with E-state index in [2.05, 4.69) is 33.2 Å². The molecule has 2 aromatic carbocycles. The van der Waals surface area contributed by atoms with Gasteiger partial charge >= 0.3 is 0 Å². The van der Waals surface area contributed by atoms with Gasteiger partial charge in [-0.05, 0) is 66.8 Å². The Morgan fingerprint density at radius 1 is 1.19 bits per heavy atom. The second-order valence-electron chi connectivity index (χ2n) is 4.85. The molecule has 0 aliphatic carbocycles. The van der Waals surface area contributed by atoms with E-state index in [0.29, 0.717) is 5.02 Å². The molecule has 5 heteroatoms. The molecule has 0 aliphatic rings. The zero-order valence-corrected chi connectivity index (χ0v) is 14.7. The molecule has 1 atom stereocenters. The molecule has 2 N–H and O–H groups in total. The molecule has 0 fully saturated rings. The maximum atomic E-state index is 12.2. The molecule has 1 unspecified atom stereocenters. The smallest absolute Gasteiger partial charge is 0.246 e. The highest BCUT2D eigenvalue weighted by molar-refractivity contribution is 14.1. The first-order valence-electron chi connectivity index (χ1n) is 6.55. The van der Waals surface area contributed by atoms with Crippen LogP contribution >= 0.6 is 34.2 Å². The summed E-state index contributed by atoms with van der Waals surface area (Å²) in [5, 5.41) is 6.60. The van der Waals surface area contributed by atoms with Crippen LogP contribution in [-0.2, 0) is 4.79 Å². The monoisotopic (exact) mass is 414 g/mol. The molecule has 0 saturated carbocycles. The number of anilines is 2. The normalized spacial score (nSPS) is 11.8. The van der Waals surface area contributed by atoms with E-state index < -0.39 is 0 Å². The summed E-state index contributed by atoms with van der Waals surface area (Å²) < 4.78 is 1.06. The molecule has 1 amide bonds. The Labute approximate surface area is 143 Å². The number of aryl methyl sites for hydroxylation is 1. The van der Waals surface area contributed by atoms with Crippen LogP contribution in [0.4, 0.5) is 11.4 Å². The quantitative estimate of drug-likeness (QED) is 0.713. The average molecular weight is 415 g/mol. The van der Waals surface area contributed by atoms with Gasteiger partial charge in [0.25, 0.3) is 0 Å². The molecule has 0 spiro atoms. The Morgan fingerprint density at radius 3 is 2.48 bits per heavy atom. The van der Waals surface area contributed by atoms with Gasteiger partial charge in [-0.15, -0.1) is 0 Å². The molecule has 0 aliphatic heterocycles. The van der Waals surface area contributed by atoms with E-state index in [9.17, 15) is 4.79 Å². The number of rotatable bonds is 4. The van der Waals surface area contributed by atoms with Gasteiger partial charge in [-0.1, -0.05) is 29.3 Å². The summed E-state index contributed by atoms with van der Waals surface area (Å²) in [5.74, 6) is -0.103. The SMILES string of the molecule is Cc1ccc(NC(=O)C(C)Nc2ccc(I)cc2Cl)cc1. The number of carbonyl (C=O) groups is 1. The molecule has 21 heavy (non-hydrogen) atoms. The lowest BCUT2D eigenvalue weighted by Gasteiger charge is -2.16. The second kappa shape index (κ2) is 7.13. The zero-order chi connectivity index (χ0) is 15.4. The third-order valence-corrected chi connectivity index (χ3v) is 4.00. The highest BCUT2D eigenvalue weighted by Crippen LogP contribution is 2.24. The molecule has 110 valence electrons. The minimum absolute atomic E-state index is 0.103. The minimum atomic E-state index is -0.385. The van der Waals surface area contributed by atoms with Gasteiger partial charge < -0.3 is 10.6 Å². The van der Waals surface area contributed by atoms with Gasteiger partial charge in [-0.25, -0.2) is 0 Å². The number of halogens is 2. The maximum Gasteiger partial charge on any atom is 0.246 e. The van der Waals surface area contributed by atoms with Gasteiger partial charge in [0.2, 0.25) is 5.91 Å². The number of benzene rings is 2. The Bertz CT molecular complexity index is 643. The van der Waals surface area contributed by atoms with E-state index in [1.54, 1.807) is 6.92 Å². The van der Waals surface area contributed by atoms with Crippen molar-refractivity contribution in [2.24, 2.45) is 0 Å². The number of hydrogen-bond donors (Lipinski definition) is 2. The Kier molecular flexibility index (Phi) is 5.47. The number of nitrogens with one attached hydrogen (secondary N) is 2. The minimum Gasteiger partial charge on any atom is -0.373 e. The molecule has 2 rings (SSSR count). The average Bonchev–Trinajstić information content (AvgIpc) is 2.44. The van der Waals surface area contributed by atoms with E-state index in [0.717, 1.165) is 20.5 Å². The van der Waals surface area contributed by atoms with Crippen molar-refractivity contribution >= 4 is 51.5 Å². The zero-order valence-electron chi connectivity index (χ0n) is 11.8. The van der Waals surface area contributed by atoms with Crippen LogP contribution in [0.25, 0.3) is 0 Å². The van der Waals surface area contributed by atoms with Crippen LogP contribution in [0, 0.1) is 10.5 Å². The summed E-state index contributed by atoms with van der Waals surface area (Å²) in [5.41, 5.74) is 2.70. The van der Waals surface area contributed by atoms with Crippen molar-refractivity contribution in [2.75, 3.05) is 10.6 Å². The van der Waals surface area contributed by atoms with Crippen molar-refractivity contribution in [3.05, 3.63) is 56.6 Å². The fraction of sp³-hybridized carbons (Fsp3) is 0.188. The summed E-state index contributed by atoms with van der Waals surface area (Å²) in [6, 6.07) is 13.0. The van der Waals surface area contributed by atoms with Gasteiger partial charge in [-0.3, -0.25) is 4.79 Å². The maximum absolute atomic E-state index is 12.2. The van der Waals surface area contributed by atoms with Crippen LogP contribution in [0.1, 0.15) is 12.5 Å².